The third kappa shape index (κ3) is 2.58. The largest absolute Gasteiger partial charge is 0.478 e. The molecule has 0 spiro atoms. The van der Waals surface area contributed by atoms with Gasteiger partial charge in [0, 0.05) is 35.8 Å². The molecule has 3 nitrogen and oxygen atoms in total. The van der Waals surface area contributed by atoms with Crippen molar-refractivity contribution in [2.24, 2.45) is 7.05 Å². The van der Waals surface area contributed by atoms with Gasteiger partial charge in [-0.25, -0.2) is 4.79 Å². The van der Waals surface area contributed by atoms with E-state index in [-0.39, 0.29) is 0 Å². The molecule has 0 atom stereocenters. The second kappa shape index (κ2) is 5.29. The van der Waals surface area contributed by atoms with Crippen molar-refractivity contribution < 1.29 is 9.90 Å². The van der Waals surface area contributed by atoms with Gasteiger partial charge >= 0.3 is 5.97 Å². The quantitative estimate of drug-likeness (QED) is 0.737. The first-order valence-corrected chi connectivity index (χ1v) is 6.70. The fraction of sp³-hybridized carbons (Fsp3) is 0.0556. The number of benzene rings is 2. The number of fused-ring (bicyclic) bond motifs is 1. The maximum Gasteiger partial charge on any atom is 0.328 e. The lowest BCUT2D eigenvalue weighted by molar-refractivity contribution is -0.131. The van der Waals surface area contributed by atoms with Gasteiger partial charge in [-0.2, -0.15) is 0 Å². The van der Waals surface area contributed by atoms with Crippen LogP contribution in [0.4, 0.5) is 0 Å². The molecule has 0 saturated carbocycles. The van der Waals surface area contributed by atoms with Crippen molar-refractivity contribution in [3.8, 4) is 11.1 Å². The Kier molecular flexibility index (Phi) is 3.32. The Hall–Kier alpha value is -2.81. The summed E-state index contributed by atoms with van der Waals surface area (Å²) >= 11 is 0. The van der Waals surface area contributed by atoms with E-state index in [2.05, 4.69) is 30.3 Å². The minimum atomic E-state index is -0.939. The summed E-state index contributed by atoms with van der Waals surface area (Å²) in [7, 11) is 1.96. The van der Waals surface area contributed by atoms with E-state index in [0.29, 0.717) is 0 Å². The van der Waals surface area contributed by atoms with Gasteiger partial charge < -0.3 is 9.67 Å². The molecule has 21 heavy (non-hydrogen) atoms. The highest BCUT2D eigenvalue weighted by atomic mass is 16.4. The molecule has 1 N–H and O–H groups in total. The molecule has 0 bridgehead atoms. The predicted molar refractivity (Wildman–Crippen MR) is 85.0 cm³/mol. The van der Waals surface area contributed by atoms with E-state index >= 15 is 0 Å². The van der Waals surface area contributed by atoms with Crippen LogP contribution in [0.1, 0.15) is 5.56 Å². The van der Waals surface area contributed by atoms with Crippen LogP contribution in [0.15, 0.2) is 60.8 Å². The zero-order valence-corrected chi connectivity index (χ0v) is 11.7. The highest BCUT2D eigenvalue weighted by Gasteiger charge is 2.06. The zero-order valence-electron chi connectivity index (χ0n) is 11.7. The van der Waals surface area contributed by atoms with Crippen LogP contribution in [0.2, 0.25) is 0 Å². The van der Waals surface area contributed by atoms with Crippen molar-refractivity contribution in [1.82, 2.24) is 4.57 Å². The maximum atomic E-state index is 10.7. The van der Waals surface area contributed by atoms with Crippen LogP contribution >= 0.6 is 0 Å². The molecule has 0 radical (unpaired) electrons. The van der Waals surface area contributed by atoms with Crippen molar-refractivity contribution in [3.63, 3.8) is 0 Å². The van der Waals surface area contributed by atoms with Gasteiger partial charge in [0.25, 0.3) is 0 Å². The van der Waals surface area contributed by atoms with Gasteiger partial charge in [0.2, 0.25) is 0 Å². The summed E-state index contributed by atoms with van der Waals surface area (Å²) in [5.74, 6) is -0.939. The third-order valence-corrected chi connectivity index (χ3v) is 3.53. The Balaban J connectivity index is 2.16. The van der Waals surface area contributed by atoms with Crippen LogP contribution in [0, 0.1) is 0 Å². The lowest BCUT2D eigenvalue weighted by Crippen LogP contribution is -1.85. The molecule has 104 valence electrons. The highest BCUT2D eigenvalue weighted by molar-refractivity contribution is 5.95. The summed E-state index contributed by atoms with van der Waals surface area (Å²) in [5.41, 5.74) is 4.27. The van der Waals surface area contributed by atoms with Gasteiger partial charge in [-0.05, 0) is 29.3 Å². The number of rotatable bonds is 3. The smallest absolute Gasteiger partial charge is 0.328 e. The molecule has 0 saturated heterocycles. The fourth-order valence-electron chi connectivity index (χ4n) is 2.53. The number of aromatic nitrogens is 1. The van der Waals surface area contributed by atoms with E-state index in [9.17, 15) is 4.79 Å². The molecule has 2 aromatic carbocycles. The summed E-state index contributed by atoms with van der Waals surface area (Å²) in [6, 6.07) is 16.4. The van der Waals surface area contributed by atoms with Crippen LogP contribution < -0.4 is 0 Å². The van der Waals surface area contributed by atoms with Gasteiger partial charge in [0.15, 0.2) is 0 Å². The predicted octanol–water partition coefficient (Wildman–Crippen LogP) is 3.94. The number of aliphatic carboxylic acids is 1. The molecule has 3 heteroatoms. The standard InChI is InChI=1S/C18H15NO2/c1-19-12-15(8-10-18(20)21)16-11-14(7-9-17(16)19)13-5-3-2-4-6-13/h2-12H,1H3,(H,20,21)/b10-8-. The number of carboxylic acid groups (broad SMARTS) is 1. The topological polar surface area (TPSA) is 42.2 Å². The molecule has 3 aromatic rings. The van der Waals surface area contributed by atoms with E-state index in [1.54, 1.807) is 6.08 Å². The molecule has 0 aliphatic carbocycles. The number of carbonyl (C=O) groups is 1. The summed E-state index contributed by atoms with van der Waals surface area (Å²) < 4.78 is 2.01. The first-order valence-electron chi connectivity index (χ1n) is 6.70. The van der Waals surface area contributed by atoms with E-state index < -0.39 is 5.97 Å². The molecular weight excluding hydrogens is 262 g/mol. The van der Waals surface area contributed by atoms with Crippen molar-refractivity contribution >= 4 is 22.9 Å². The lowest BCUT2D eigenvalue weighted by Gasteiger charge is -2.03. The van der Waals surface area contributed by atoms with Crippen molar-refractivity contribution in [2.75, 3.05) is 0 Å². The maximum absolute atomic E-state index is 10.7. The Morgan fingerprint density at radius 2 is 1.86 bits per heavy atom. The molecule has 0 fully saturated rings. The van der Waals surface area contributed by atoms with Gasteiger partial charge in [0.1, 0.15) is 0 Å². The Bertz CT molecular complexity index is 829. The first kappa shape index (κ1) is 13.2. The van der Waals surface area contributed by atoms with Crippen molar-refractivity contribution in [3.05, 3.63) is 66.4 Å². The van der Waals surface area contributed by atoms with E-state index in [0.717, 1.165) is 27.6 Å². The number of hydrogen-bond donors (Lipinski definition) is 1. The minimum Gasteiger partial charge on any atom is -0.478 e. The van der Waals surface area contributed by atoms with Gasteiger partial charge in [-0.1, -0.05) is 36.4 Å². The van der Waals surface area contributed by atoms with Crippen LogP contribution in [-0.2, 0) is 11.8 Å². The molecule has 0 unspecified atom stereocenters. The minimum absolute atomic E-state index is 0.910. The Morgan fingerprint density at radius 3 is 2.57 bits per heavy atom. The Labute approximate surface area is 122 Å². The summed E-state index contributed by atoms with van der Waals surface area (Å²) in [6.07, 6.45) is 4.75. The number of nitrogens with zero attached hydrogens (tertiary/aromatic N) is 1. The van der Waals surface area contributed by atoms with Gasteiger partial charge in [-0.15, -0.1) is 0 Å². The van der Waals surface area contributed by atoms with Crippen LogP contribution in [0.25, 0.3) is 28.1 Å². The van der Waals surface area contributed by atoms with Crippen molar-refractivity contribution in [1.29, 1.82) is 0 Å². The Morgan fingerprint density at radius 1 is 1.10 bits per heavy atom. The van der Waals surface area contributed by atoms with Crippen molar-refractivity contribution in [2.45, 2.75) is 0 Å². The second-order valence-corrected chi connectivity index (χ2v) is 4.96. The van der Waals surface area contributed by atoms with Crippen LogP contribution in [0.5, 0.6) is 0 Å². The van der Waals surface area contributed by atoms with E-state index in [1.807, 2.05) is 36.0 Å². The van der Waals surface area contributed by atoms with Gasteiger partial charge in [-0.3, -0.25) is 0 Å². The van der Waals surface area contributed by atoms with Gasteiger partial charge in [0.05, 0.1) is 0 Å². The molecule has 0 aliphatic rings. The molecule has 0 aliphatic heterocycles. The van der Waals surface area contributed by atoms with E-state index in [4.69, 9.17) is 5.11 Å². The first-order chi connectivity index (χ1) is 10.1. The molecule has 1 heterocycles. The zero-order chi connectivity index (χ0) is 14.8. The normalized spacial score (nSPS) is 11.3. The summed E-state index contributed by atoms with van der Waals surface area (Å²) in [5, 5.41) is 9.84. The monoisotopic (exact) mass is 277 g/mol. The molecule has 0 amide bonds. The van der Waals surface area contributed by atoms with Crippen LogP contribution in [0.3, 0.4) is 0 Å². The SMILES string of the molecule is Cn1cc(/C=C\C(=O)O)c2cc(-c3ccccc3)ccc21. The average Bonchev–Trinajstić information content (AvgIpc) is 2.82. The summed E-state index contributed by atoms with van der Waals surface area (Å²) in [6.45, 7) is 0. The molecular formula is C18H15NO2. The summed E-state index contributed by atoms with van der Waals surface area (Å²) in [4.78, 5) is 10.7. The average molecular weight is 277 g/mol. The third-order valence-electron chi connectivity index (χ3n) is 3.53. The van der Waals surface area contributed by atoms with E-state index in [1.165, 1.54) is 6.08 Å². The second-order valence-electron chi connectivity index (χ2n) is 4.96. The lowest BCUT2D eigenvalue weighted by atomic mass is 10.0. The fourth-order valence-corrected chi connectivity index (χ4v) is 2.53. The molecule has 3 rings (SSSR count). The molecule has 1 aromatic heterocycles. The number of aryl methyl sites for hydroxylation is 1. The highest BCUT2D eigenvalue weighted by Crippen LogP contribution is 2.28. The number of carboxylic acids is 1. The van der Waals surface area contributed by atoms with Crippen LogP contribution in [-0.4, -0.2) is 15.6 Å². The number of hydrogen-bond acceptors (Lipinski definition) is 1.